The zero-order valence-electron chi connectivity index (χ0n) is 14.6. The van der Waals surface area contributed by atoms with Crippen LogP contribution >= 0.6 is 0 Å². The Hall–Kier alpha value is -3.35. The Morgan fingerprint density at radius 1 is 0.964 bits per heavy atom. The minimum atomic E-state index is -4.51. The summed E-state index contributed by atoms with van der Waals surface area (Å²) >= 11 is 0. The van der Waals surface area contributed by atoms with Gasteiger partial charge in [0.1, 0.15) is 0 Å². The fourth-order valence-corrected chi connectivity index (χ4v) is 3.44. The Bertz CT molecular complexity index is 1190. The highest BCUT2D eigenvalue weighted by molar-refractivity contribution is 5.84. The summed E-state index contributed by atoms with van der Waals surface area (Å²) in [6.45, 7) is 0. The zero-order valence-corrected chi connectivity index (χ0v) is 14.6. The van der Waals surface area contributed by atoms with Crippen LogP contribution in [0.5, 0.6) is 0 Å². The Morgan fingerprint density at radius 3 is 2.43 bits per heavy atom. The Kier molecular flexibility index (Phi) is 4.30. The lowest BCUT2D eigenvalue weighted by Gasteiger charge is -2.15. The molecule has 0 unspecified atom stereocenters. The molecule has 28 heavy (non-hydrogen) atoms. The van der Waals surface area contributed by atoms with Crippen molar-refractivity contribution in [1.29, 1.82) is 0 Å². The zero-order chi connectivity index (χ0) is 19.9. The molecule has 4 nitrogen and oxygen atoms in total. The molecule has 0 bridgehead atoms. The average molecular weight is 384 g/mol. The summed E-state index contributed by atoms with van der Waals surface area (Å²) < 4.78 is 40.7. The first-order valence-electron chi connectivity index (χ1n) is 8.66. The molecule has 4 rings (SSSR count). The van der Waals surface area contributed by atoms with Crippen LogP contribution in [-0.4, -0.2) is 9.78 Å². The largest absolute Gasteiger partial charge is 0.416 e. The molecule has 0 spiro atoms. The van der Waals surface area contributed by atoms with E-state index in [1.807, 2.05) is 36.4 Å². The second-order valence-electron chi connectivity index (χ2n) is 6.56. The fraction of sp³-hybridized carbons (Fsp3) is 0.143. The summed E-state index contributed by atoms with van der Waals surface area (Å²) in [7, 11) is 0. The molecule has 0 atom stereocenters. The molecule has 2 aromatic carbocycles. The summed E-state index contributed by atoms with van der Waals surface area (Å²) in [5, 5.41) is 2.43. The Balaban J connectivity index is 1.95. The van der Waals surface area contributed by atoms with Crippen LogP contribution in [0.3, 0.4) is 0 Å². The maximum Gasteiger partial charge on any atom is 0.416 e. The third-order valence-electron chi connectivity index (χ3n) is 4.72. The van der Waals surface area contributed by atoms with Crippen LogP contribution in [0.25, 0.3) is 17.3 Å². The van der Waals surface area contributed by atoms with Crippen molar-refractivity contribution in [2.75, 3.05) is 0 Å². The number of allylic oxidation sites excluding steroid dienone is 1. The number of benzene rings is 2. The summed E-state index contributed by atoms with van der Waals surface area (Å²) in [4.78, 5) is 24.4. The number of hydrogen-bond donors (Lipinski definition) is 1. The molecule has 1 N–H and O–H groups in total. The molecular formula is C21H15F3N2O2. The van der Waals surface area contributed by atoms with Crippen molar-refractivity contribution in [1.82, 2.24) is 9.78 Å². The van der Waals surface area contributed by atoms with E-state index in [1.165, 1.54) is 16.8 Å². The number of nitrogens with zero attached hydrogens (tertiary/aromatic N) is 1. The van der Waals surface area contributed by atoms with Crippen LogP contribution in [-0.2, 0) is 12.6 Å². The van der Waals surface area contributed by atoms with Gasteiger partial charge in [0.25, 0.3) is 0 Å². The molecule has 1 aliphatic rings. The number of H-pyrrole nitrogens is 1. The number of fused-ring (bicyclic) bond motifs is 1. The molecular weight excluding hydrogens is 369 g/mol. The first-order valence-corrected chi connectivity index (χ1v) is 8.66. The first-order chi connectivity index (χ1) is 13.3. The number of aromatic nitrogens is 2. The van der Waals surface area contributed by atoms with Gasteiger partial charge in [0.05, 0.1) is 16.9 Å². The van der Waals surface area contributed by atoms with Crippen LogP contribution in [0.15, 0.2) is 64.2 Å². The van der Waals surface area contributed by atoms with Crippen LogP contribution < -0.4 is 11.0 Å². The maximum atomic E-state index is 13.1. The molecule has 0 saturated heterocycles. The summed E-state index contributed by atoms with van der Waals surface area (Å²) in [5.41, 5.74) is 0.281. The second-order valence-corrected chi connectivity index (χ2v) is 6.56. The lowest BCUT2D eigenvalue weighted by Crippen LogP contribution is -2.34. The van der Waals surface area contributed by atoms with Gasteiger partial charge < -0.3 is 0 Å². The Morgan fingerprint density at radius 2 is 1.71 bits per heavy atom. The van der Waals surface area contributed by atoms with E-state index in [-0.39, 0.29) is 5.69 Å². The topological polar surface area (TPSA) is 54.9 Å². The van der Waals surface area contributed by atoms with Crippen molar-refractivity contribution in [3.8, 4) is 5.69 Å². The van der Waals surface area contributed by atoms with Gasteiger partial charge in [-0.2, -0.15) is 13.2 Å². The Labute approximate surface area is 157 Å². The highest BCUT2D eigenvalue weighted by Gasteiger charge is 2.31. The highest BCUT2D eigenvalue weighted by Crippen LogP contribution is 2.34. The minimum absolute atomic E-state index is 0.143. The standard InChI is InChI=1S/C21H15F3N2O2/c22-21(23,24)15-7-4-8-16(12-15)26-18-14(11-13-5-2-1-3-6-13)9-10-17(18)19(27)20(28)25-26/h1-8,11-12H,9-10H2,(H,25,28). The van der Waals surface area contributed by atoms with E-state index in [0.29, 0.717) is 24.1 Å². The van der Waals surface area contributed by atoms with E-state index in [9.17, 15) is 22.8 Å². The van der Waals surface area contributed by atoms with Crippen molar-refractivity contribution in [3.63, 3.8) is 0 Å². The number of alkyl halides is 3. The predicted molar refractivity (Wildman–Crippen MR) is 100 cm³/mol. The van der Waals surface area contributed by atoms with Gasteiger partial charge in [0, 0.05) is 5.56 Å². The highest BCUT2D eigenvalue weighted by atomic mass is 19.4. The van der Waals surface area contributed by atoms with Gasteiger partial charge in [-0.3, -0.25) is 19.4 Å². The molecule has 142 valence electrons. The van der Waals surface area contributed by atoms with Gasteiger partial charge in [-0.25, -0.2) is 0 Å². The van der Waals surface area contributed by atoms with Gasteiger partial charge in [0.15, 0.2) is 0 Å². The monoisotopic (exact) mass is 384 g/mol. The van der Waals surface area contributed by atoms with Gasteiger partial charge >= 0.3 is 11.7 Å². The molecule has 0 aliphatic heterocycles. The molecule has 0 radical (unpaired) electrons. The SMILES string of the molecule is O=c1[nH]n(-c2cccc(C(F)(F)F)c2)c2c(c1=O)CCC2=Cc1ccccc1. The normalized spacial score (nSPS) is 15.0. The quantitative estimate of drug-likeness (QED) is 0.679. The summed E-state index contributed by atoms with van der Waals surface area (Å²) in [6, 6.07) is 14.1. The second kappa shape index (κ2) is 6.67. The van der Waals surface area contributed by atoms with Gasteiger partial charge in [0.2, 0.25) is 5.43 Å². The van der Waals surface area contributed by atoms with Crippen molar-refractivity contribution in [2.45, 2.75) is 19.0 Å². The molecule has 1 aromatic heterocycles. The van der Waals surface area contributed by atoms with E-state index in [2.05, 4.69) is 5.10 Å². The van der Waals surface area contributed by atoms with Gasteiger partial charge in [-0.1, -0.05) is 36.4 Å². The molecule has 3 aromatic rings. The number of aromatic amines is 1. The third kappa shape index (κ3) is 3.19. The third-order valence-corrected chi connectivity index (χ3v) is 4.72. The van der Waals surface area contributed by atoms with Crippen LogP contribution in [0, 0.1) is 0 Å². The number of nitrogens with one attached hydrogen (secondary N) is 1. The molecule has 0 amide bonds. The molecule has 1 heterocycles. The molecule has 7 heteroatoms. The minimum Gasteiger partial charge on any atom is -0.283 e. The number of rotatable bonds is 2. The van der Waals surface area contributed by atoms with Crippen LogP contribution in [0.1, 0.15) is 28.8 Å². The fourth-order valence-electron chi connectivity index (χ4n) is 3.44. The predicted octanol–water partition coefficient (Wildman–Crippen LogP) is 4.03. The maximum absolute atomic E-state index is 13.1. The van der Waals surface area contributed by atoms with Crippen molar-refractivity contribution >= 4 is 11.6 Å². The summed E-state index contributed by atoms with van der Waals surface area (Å²) in [6.07, 6.45) is -1.74. The van der Waals surface area contributed by atoms with Crippen molar-refractivity contribution < 1.29 is 13.2 Å². The first kappa shape index (κ1) is 18.0. The molecule has 1 aliphatic carbocycles. The van der Waals surface area contributed by atoms with E-state index in [0.717, 1.165) is 23.3 Å². The summed E-state index contributed by atoms with van der Waals surface area (Å²) in [5.74, 6) is 0. The molecule has 0 saturated carbocycles. The van der Waals surface area contributed by atoms with Gasteiger partial charge in [-0.15, -0.1) is 0 Å². The lowest BCUT2D eigenvalue weighted by atomic mass is 10.1. The number of halogens is 3. The average Bonchev–Trinajstić information content (AvgIpc) is 3.09. The smallest absolute Gasteiger partial charge is 0.283 e. The van der Waals surface area contributed by atoms with E-state index in [1.54, 1.807) is 0 Å². The van der Waals surface area contributed by atoms with Crippen molar-refractivity contribution in [2.24, 2.45) is 0 Å². The van der Waals surface area contributed by atoms with E-state index >= 15 is 0 Å². The van der Waals surface area contributed by atoms with Crippen LogP contribution in [0.4, 0.5) is 13.2 Å². The number of hydrogen-bond acceptors (Lipinski definition) is 2. The van der Waals surface area contributed by atoms with Crippen molar-refractivity contribution in [3.05, 3.63) is 97.6 Å². The lowest BCUT2D eigenvalue weighted by molar-refractivity contribution is -0.137. The van der Waals surface area contributed by atoms with E-state index in [4.69, 9.17) is 0 Å². The van der Waals surface area contributed by atoms with E-state index < -0.39 is 22.7 Å². The molecule has 0 fully saturated rings. The van der Waals surface area contributed by atoms with Gasteiger partial charge in [-0.05, 0) is 48.3 Å². The van der Waals surface area contributed by atoms with Crippen LogP contribution in [0.2, 0.25) is 0 Å².